The molecule has 1 unspecified atom stereocenters. The highest BCUT2D eigenvalue weighted by Crippen LogP contribution is 2.47. The summed E-state index contributed by atoms with van der Waals surface area (Å²) in [6.45, 7) is 3.76. The fourth-order valence-electron chi connectivity index (χ4n) is 4.99. The van der Waals surface area contributed by atoms with Crippen molar-refractivity contribution in [3.63, 3.8) is 0 Å². The number of nitrogens with one attached hydrogen (secondary N) is 1. The number of rotatable bonds is 6. The van der Waals surface area contributed by atoms with Gasteiger partial charge in [0.25, 0.3) is 5.91 Å². The molecule has 1 saturated heterocycles. The molecule has 2 heterocycles. The molecule has 7 nitrogen and oxygen atoms in total. The Labute approximate surface area is 212 Å². The molecule has 2 aromatic rings. The van der Waals surface area contributed by atoms with E-state index in [0.717, 1.165) is 29.2 Å². The van der Waals surface area contributed by atoms with Crippen LogP contribution in [0.5, 0.6) is 0 Å². The molecule has 0 radical (unpaired) electrons. The summed E-state index contributed by atoms with van der Waals surface area (Å²) in [5.41, 5.74) is 4.32. The zero-order valence-corrected chi connectivity index (χ0v) is 21.7. The topological polar surface area (TPSA) is 82.1 Å². The average molecular weight is 515 g/mol. The Morgan fingerprint density at radius 1 is 1.14 bits per heavy atom. The highest BCUT2D eigenvalue weighted by Gasteiger charge is 2.48. The van der Waals surface area contributed by atoms with Crippen molar-refractivity contribution in [1.29, 1.82) is 0 Å². The molecular formula is C26H31ClN4O3S. The number of benzene rings is 2. The van der Waals surface area contributed by atoms with E-state index in [2.05, 4.69) is 29.2 Å². The number of sulfone groups is 1. The van der Waals surface area contributed by atoms with Crippen molar-refractivity contribution in [2.45, 2.75) is 38.3 Å². The normalized spacial score (nSPS) is 24.3. The molecule has 1 aliphatic carbocycles. The minimum absolute atomic E-state index is 0.108. The molecule has 0 aromatic heterocycles. The van der Waals surface area contributed by atoms with Gasteiger partial charge in [-0.15, -0.1) is 0 Å². The highest BCUT2D eigenvalue weighted by molar-refractivity contribution is 7.91. The molecule has 9 heteroatoms. The summed E-state index contributed by atoms with van der Waals surface area (Å²) in [6, 6.07) is 13.1. The fourth-order valence-corrected chi connectivity index (χ4v) is 6.45. The summed E-state index contributed by atoms with van der Waals surface area (Å²) in [4.78, 5) is 15.0. The van der Waals surface area contributed by atoms with Gasteiger partial charge in [0, 0.05) is 49.4 Å². The number of hydrazone groups is 1. The van der Waals surface area contributed by atoms with Crippen LogP contribution in [0.3, 0.4) is 0 Å². The van der Waals surface area contributed by atoms with Gasteiger partial charge in [0.15, 0.2) is 9.84 Å². The van der Waals surface area contributed by atoms with Crippen LogP contribution in [0.1, 0.15) is 47.7 Å². The van der Waals surface area contributed by atoms with E-state index >= 15 is 0 Å². The molecule has 1 saturated carbocycles. The van der Waals surface area contributed by atoms with Gasteiger partial charge in [-0.2, -0.15) is 5.10 Å². The zero-order chi connectivity index (χ0) is 24.8. The van der Waals surface area contributed by atoms with Crippen LogP contribution < -0.4 is 5.32 Å². The van der Waals surface area contributed by atoms with E-state index < -0.39 is 9.84 Å². The second-order valence-electron chi connectivity index (χ2n) is 10.1. The van der Waals surface area contributed by atoms with Gasteiger partial charge in [0.1, 0.15) is 0 Å². The Morgan fingerprint density at radius 3 is 2.49 bits per heavy atom. The van der Waals surface area contributed by atoms with E-state index in [9.17, 15) is 13.2 Å². The van der Waals surface area contributed by atoms with Crippen molar-refractivity contribution in [2.24, 2.45) is 11.0 Å². The van der Waals surface area contributed by atoms with Crippen LogP contribution in [0.25, 0.3) is 0 Å². The van der Waals surface area contributed by atoms with Gasteiger partial charge in [-0.25, -0.2) is 8.42 Å². The van der Waals surface area contributed by atoms with Crippen LogP contribution in [-0.2, 0) is 16.4 Å². The number of hydrogen-bond acceptors (Lipinski definition) is 6. The second kappa shape index (κ2) is 9.22. The summed E-state index contributed by atoms with van der Waals surface area (Å²) >= 11 is 6.38. The average Bonchev–Trinajstić information content (AvgIpc) is 3.63. The van der Waals surface area contributed by atoms with Crippen molar-refractivity contribution in [3.8, 4) is 0 Å². The van der Waals surface area contributed by atoms with Crippen LogP contribution in [0.4, 0.5) is 5.69 Å². The molecule has 1 atom stereocenters. The van der Waals surface area contributed by atoms with Gasteiger partial charge >= 0.3 is 0 Å². The molecule has 2 aromatic carbocycles. The standard InChI is InChI=1S/C26H31ClN4O3S/c1-26(21-6-7-21)16-24(29-30(26)2)18-3-8-22(9-4-18)28-25(32)19-5-10-23(27)20(15-19)17-31-11-13-35(33,34)14-12-31/h3-5,8-10,15,21H,6-7,11-14,16-17H2,1-2H3,(H,28,32). The minimum atomic E-state index is -2.94. The molecule has 35 heavy (non-hydrogen) atoms. The van der Waals surface area contributed by atoms with Crippen LogP contribution in [-0.4, -0.2) is 67.1 Å². The number of carbonyl (C=O) groups is 1. The first-order valence-corrected chi connectivity index (χ1v) is 14.3. The van der Waals surface area contributed by atoms with E-state index in [1.54, 1.807) is 18.2 Å². The first-order valence-electron chi connectivity index (χ1n) is 12.1. The molecule has 1 N–H and O–H groups in total. The van der Waals surface area contributed by atoms with E-state index in [4.69, 9.17) is 16.7 Å². The summed E-state index contributed by atoms with van der Waals surface area (Å²) in [5, 5.41) is 10.5. The van der Waals surface area contributed by atoms with Crippen molar-refractivity contribution in [1.82, 2.24) is 9.91 Å². The lowest BCUT2D eigenvalue weighted by Gasteiger charge is -2.31. The molecule has 3 aliphatic rings. The van der Waals surface area contributed by atoms with Crippen LogP contribution >= 0.6 is 11.6 Å². The molecule has 0 spiro atoms. The number of halogens is 1. The molecule has 1 amide bonds. The first-order chi connectivity index (χ1) is 16.6. The van der Waals surface area contributed by atoms with Crippen LogP contribution in [0.2, 0.25) is 5.02 Å². The zero-order valence-electron chi connectivity index (χ0n) is 20.1. The Bertz CT molecular complexity index is 1260. The van der Waals surface area contributed by atoms with Gasteiger partial charge in [-0.05, 0) is 67.1 Å². The lowest BCUT2D eigenvalue weighted by molar-refractivity contribution is 0.102. The fraction of sp³-hybridized carbons (Fsp3) is 0.462. The van der Waals surface area contributed by atoms with Gasteiger partial charge < -0.3 is 5.32 Å². The van der Waals surface area contributed by atoms with Crippen molar-refractivity contribution in [2.75, 3.05) is 37.0 Å². The summed E-state index contributed by atoms with van der Waals surface area (Å²) < 4.78 is 23.4. The molecule has 2 aliphatic heterocycles. The van der Waals surface area contributed by atoms with E-state index in [-0.39, 0.29) is 23.0 Å². The SMILES string of the molecule is CN1N=C(c2ccc(NC(=O)c3ccc(Cl)c(CN4CCS(=O)(=O)CC4)c3)cc2)CC1(C)C1CC1. The Kier molecular flexibility index (Phi) is 6.40. The smallest absolute Gasteiger partial charge is 0.255 e. The maximum absolute atomic E-state index is 12.9. The largest absolute Gasteiger partial charge is 0.322 e. The summed E-state index contributed by atoms with van der Waals surface area (Å²) in [6.07, 6.45) is 3.50. The van der Waals surface area contributed by atoms with Crippen molar-refractivity contribution >= 4 is 38.7 Å². The van der Waals surface area contributed by atoms with Gasteiger partial charge in [0.2, 0.25) is 0 Å². The number of nitrogens with zero attached hydrogens (tertiary/aromatic N) is 3. The van der Waals surface area contributed by atoms with Crippen LogP contribution in [0.15, 0.2) is 47.6 Å². The number of amides is 1. The van der Waals surface area contributed by atoms with Crippen LogP contribution in [0, 0.1) is 5.92 Å². The molecule has 0 bridgehead atoms. The Morgan fingerprint density at radius 2 is 1.83 bits per heavy atom. The number of hydrogen-bond donors (Lipinski definition) is 1. The predicted octanol–water partition coefficient (Wildman–Crippen LogP) is 4.03. The summed E-state index contributed by atoms with van der Waals surface area (Å²) in [7, 11) is -0.878. The first kappa shape index (κ1) is 24.3. The van der Waals surface area contributed by atoms with Crippen molar-refractivity contribution < 1.29 is 13.2 Å². The highest BCUT2D eigenvalue weighted by atomic mass is 35.5. The number of anilines is 1. The predicted molar refractivity (Wildman–Crippen MR) is 140 cm³/mol. The van der Waals surface area contributed by atoms with Crippen molar-refractivity contribution in [3.05, 3.63) is 64.2 Å². The van der Waals surface area contributed by atoms with Gasteiger partial charge in [-0.3, -0.25) is 14.7 Å². The quantitative estimate of drug-likeness (QED) is 0.629. The van der Waals surface area contributed by atoms with Gasteiger partial charge in [-0.1, -0.05) is 23.7 Å². The molecule has 5 rings (SSSR count). The third-order valence-corrected chi connectivity index (χ3v) is 9.58. The molecule has 2 fully saturated rings. The van der Waals surface area contributed by atoms with Gasteiger partial charge in [0.05, 0.1) is 22.8 Å². The second-order valence-corrected chi connectivity index (χ2v) is 12.9. The van der Waals surface area contributed by atoms with E-state index in [1.807, 2.05) is 24.3 Å². The Hall–Kier alpha value is -2.42. The Balaban J connectivity index is 1.23. The third kappa shape index (κ3) is 5.25. The lowest BCUT2D eigenvalue weighted by Crippen LogP contribution is -2.39. The molecular weight excluding hydrogens is 484 g/mol. The molecule has 186 valence electrons. The number of carbonyl (C=O) groups excluding carboxylic acids is 1. The monoisotopic (exact) mass is 514 g/mol. The summed E-state index contributed by atoms with van der Waals surface area (Å²) in [5.74, 6) is 0.822. The minimum Gasteiger partial charge on any atom is -0.322 e. The maximum atomic E-state index is 12.9. The maximum Gasteiger partial charge on any atom is 0.255 e. The lowest BCUT2D eigenvalue weighted by atomic mass is 9.88. The third-order valence-electron chi connectivity index (χ3n) is 7.61. The van der Waals surface area contributed by atoms with E-state index in [1.165, 1.54) is 12.8 Å². The van der Waals surface area contributed by atoms with E-state index in [0.29, 0.717) is 35.9 Å².